The van der Waals surface area contributed by atoms with E-state index in [9.17, 15) is 14.9 Å². The fourth-order valence-corrected chi connectivity index (χ4v) is 5.21. The van der Waals surface area contributed by atoms with Crippen LogP contribution in [0, 0.1) is 10.1 Å². The lowest BCUT2D eigenvalue weighted by atomic mass is 9.81. The highest BCUT2D eigenvalue weighted by Crippen LogP contribution is 2.46. The first kappa shape index (κ1) is 25.9. The summed E-state index contributed by atoms with van der Waals surface area (Å²) in [6, 6.07) is 6.43. The van der Waals surface area contributed by atoms with Crippen LogP contribution in [0.2, 0.25) is 0 Å². The van der Waals surface area contributed by atoms with Crippen molar-refractivity contribution in [3.8, 4) is 0 Å². The van der Waals surface area contributed by atoms with Gasteiger partial charge in [-0.15, -0.1) is 0 Å². The molecule has 0 bridgehead atoms. The molecular weight excluding hydrogens is 490 g/mol. The summed E-state index contributed by atoms with van der Waals surface area (Å²) in [5, 5.41) is 15.0. The number of aromatic nitrogens is 2. The summed E-state index contributed by atoms with van der Waals surface area (Å²) in [5.41, 5.74) is 2.29. The van der Waals surface area contributed by atoms with E-state index in [1.54, 1.807) is 13.0 Å². The van der Waals surface area contributed by atoms with Crippen molar-refractivity contribution in [1.82, 2.24) is 14.9 Å². The van der Waals surface area contributed by atoms with Gasteiger partial charge in [0.15, 0.2) is 0 Å². The third-order valence-corrected chi connectivity index (χ3v) is 7.21. The molecule has 5 rings (SSSR count). The van der Waals surface area contributed by atoms with Gasteiger partial charge in [-0.3, -0.25) is 10.1 Å². The Kier molecular flexibility index (Phi) is 7.43. The molecular formula is C26H33N7O5. The van der Waals surface area contributed by atoms with Gasteiger partial charge >= 0.3 is 5.97 Å². The molecule has 1 N–H and O–H groups in total. The topological polar surface area (TPSA) is 126 Å². The molecule has 202 valence electrons. The summed E-state index contributed by atoms with van der Waals surface area (Å²) >= 11 is 0. The van der Waals surface area contributed by atoms with Crippen LogP contribution in [-0.4, -0.2) is 91.9 Å². The summed E-state index contributed by atoms with van der Waals surface area (Å²) in [4.78, 5) is 41.2. The van der Waals surface area contributed by atoms with Crippen molar-refractivity contribution < 1.29 is 19.2 Å². The highest BCUT2D eigenvalue weighted by atomic mass is 16.6. The van der Waals surface area contributed by atoms with Crippen LogP contribution in [0.4, 0.5) is 23.3 Å². The number of allylic oxidation sites excluding steroid dienone is 1. The number of hydrogen-bond acceptors (Lipinski definition) is 11. The van der Waals surface area contributed by atoms with E-state index >= 15 is 0 Å². The highest BCUT2D eigenvalue weighted by Gasteiger charge is 2.39. The number of esters is 1. The Bertz CT molecular complexity index is 1250. The number of ether oxygens (including phenoxy) is 2. The van der Waals surface area contributed by atoms with Crippen LogP contribution in [0.25, 0.3) is 0 Å². The molecule has 2 aromatic rings. The van der Waals surface area contributed by atoms with Crippen molar-refractivity contribution in [2.75, 3.05) is 81.3 Å². The molecule has 3 aliphatic heterocycles. The number of non-ortho nitro benzene ring substituents is 1. The van der Waals surface area contributed by atoms with E-state index in [2.05, 4.69) is 27.1 Å². The van der Waals surface area contributed by atoms with Gasteiger partial charge in [0.05, 0.1) is 36.2 Å². The van der Waals surface area contributed by atoms with Crippen molar-refractivity contribution in [2.45, 2.75) is 19.8 Å². The fourth-order valence-electron chi connectivity index (χ4n) is 5.21. The van der Waals surface area contributed by atoms with Crippen molar-refractivity contribution >= 4 is 29.2 Å². The minimum Gasteiger partial charge on any atom is -0.463 e. The van der Waals surface area contributed by atoms with Crippen LogP contribution >= 0.6 is 0 Å². The molecule has 0 aliphatic carbocycles. The molecule has 0 amide bonds. The number of nitrogens with zero attached hydrogens (tertiary/aromatic N) is 6. The summed E-state index contributed by atoms with van der Waals surface area (Å²) in [7, 11) is 2.09. The minimum atomic E-state index is -0.640. The van der Waals surface area contributed by atoms with E-state index in [-0.39, 0.29) is 12.3 Å². The molecule has 2 fully saturated rings. The number of piperazine rings is 1. The van der Waals surface area contributed by atoms with Gasteiger partial charge in [0, 0.05) is 62.7 Å². The number of nitrogens with one attached hydrogen (secondary N) is 1. The Morgan fingerprint density at radius 1 is 1.16 bits per heavy atom. The molecule has 1 aromatic heterocycles. The lowest BCUT2D eigenvalue weighted by molar-refractivity contribution is -0.384. The molecule has 0 radical (unpaired) electrons. The Balaban J connectivity index is 1.72. The predicted molar refractivity (Wildman–Crippen MR) is 143 cm³/mol. The molecule has 4 heterocycles. The number of hydrogen-bond donors (Lipinski definition) is 1. The van der Waals surface area contributed by atoms with Gasteiger partial charge < -0.3 is 29.5 Å². The molecule has 12 nitrogen and oxygen atoms in total. The molecule has 1 atom stereocenters. The number of likely N-dealkylation sites (N-methyl/N-ethyl adjacent to an activating group) is 1. The average Bonchev–Trinajstić information content (AvgIpc) is 2.92. The molecule has 38 heavy (non-hydrogen) atoms. The summed E-state index contributed by atoms with van der Waals surface area (Å²) in [6.07, 6.45) is 0. The standard InChI is InChI=1S/C26H33N7O5/c1-4-38-25(34)20-17(2)27-23-22(21(20)18-6-5-7-19(16-18)33(35)36)24(31-10-8-30(3)9-11-31)29-26(28-23)32-12-14-37-15-13-32/h5-7,16,21H,4,8-15H2,1-3H3,(H,27,28,29). The first-order chi connectivity index (χ1) is 18.4. The Hall–Kier alpha value is -3.77. The second-order valence-corrected chi connectivity index (χ2v) is 9.67. The van der Waals surface area contributed by atoms with Crippen molar-refractivity contribution in [3.05, 3.63) is 56.8 Å². The van der Waals surface area contributed by atoms with E-state index in [1.165, 1.54) is 12.1 Å². The molecule has 12 heteroatoms. The number of carbonyl (C=O) groups is 1. The lowest BCUT2D eigenvalue weighted by Gasteiger charge is -2.38. The van der Waals surface area contributed by atoms with E-state index < -0.39 is 16.8 Å². The zero-order chi connectivity index (χ0) is 26.8. The zero-order valence-electron chi connectivity index (χ0n) is 22.0. The van der Waals surface area contributed by atoms with E-state index in [0.717, 1.165) is 37.6 Å². The average molecular weight is 524 g/mol. The van der Waals surface area contributed by atoms with Crippen LogP contribution in [0.1, 0.15) is 30.9 Å². The fraction of sp³-hybridized carbons (Fsp3) is 0.500. The minimum absolute atomic E-state index is 0.0459. The number of nitro benzene ring substituents is 1. The van der Waals surface area contributed by atoms with Crippen LogP contribution < -0.4 is 15.1 Å². The van der Waals surface area contributed by atoms with Gasteiger partial charge in [0.1, 0.15) is 11.6 Å². The number of fused-ring (bicyclic) bond motifs is 1. The van der Waals surface area contributed by atoms with E-state index in [0.29, 0.717) is 54.9 Å². The van der Waals surface area contributed by atoms with Crippen LogP contribution in [0.3, 0.4) is 0 Å². The number of anilines is 3. The monoisotopic (exact) mass is 523 g/mol. The summed E-state index contributed by atoms with van der Waals surface area (Å²) < 4.78 is 11.0. The number of morpholine rings is 1. The normalized spacial score (nSPS) is 20.1. The molecule has 0 saturated carbocycles. The van der Waals surface area contributed by atoms with Gasteiger partial charge in [-0.05, 0) is 26.5 Å². The molecule has 1 unspecified atom stereocenters. The number of benzene rings is 1. The molecule has 1 aromatic carbocycles. The molecule has 0 spiro atoms. The Morgan fingerprint density at radius 2 is 1.89 bits per heavy atom. The number of nitro groups is 1. The van der Waals surface area contributed by atoms with Crippen LogP contribution in [0.5, 0.6) is 0 Å². The SMILES string of the molecule is CCOC(=O)C1=C(C)Nc2nc(N3CCOCC3)nc(N3CCN(C)CC3)c2C1c1cccc([N+](=O)[O-])c1. The van der Waals surface area contributed by atoms with Gasteiger partial charge in [0.2, 0.25) is 5.95 Å². The first-order valence-corrected chi connectivity index (χ1v) is 12.9. The first-order valence-electron chi connectivity index (χ1n) is 12.9. The maximum absolute atomic E-state index is 13.3. The largest absolute Gasteiger partial charge is 0.463 e. The quantitative estimate of drug-likeness (QED) is 0.341. The Labute approximate surface area is 221 Å². The summed E-state index contributed by atoms with van der Waals surface area (Å²) in [5.74, 6) is 0.805. The van der Waals surface area contributed by atoms with Gasteiger partial charge in [-0.2, -0.15) is 9.97 Å². The highest BCUT2D eigenvalue weighted by molar-refractivity contribution is 5.95. The van der Waals surface area contributed by atoms with Crippen LogP contribution in [0.15, 0.2) is 35.5 Å². The second-order valence-electron chi connectivity index (χ2n) is 9.67. The van der Waals surface area contributed by atoms with Crippen molar-refractivity contribution in [1.29, 1.82) is 0 Å². The maximum Gasteiger partial charge on any atom is 0.336 e. The second kappa shape index (κ2) is 10.9. The molecule has 2 saturated heterocycles. The third kappa shape index (κ3) is 5.01. The predicted octanol–water partition coefficient (Wildman–Crippen LogP) is 2.37. The number of carbonyl (C=O) groups excluding carboxylic acids is 1. The smallest absolute Gasteiger partial charge is 0.336 e. The molecule has 3 aliphatic rings. The van der Waals surface area contributed by atoms with Crippen molar-refractivity contribution in [3.63, 3.8) is 0 Å². The third-order valence-electron chi connectivity index (χ3n) is 7.21. The summed E-state index contributed by atoms with van der Waals surface area (Å²) in [6.45, 7) is 9.56. The lowest BCUT2D eigenvalue weighted by Crippen LogP contribution is -2.46. The van der Waals surface area contributed by atoms with Crippen LogP contribution in [-0.2, 0) is 14.3 Å². The van der Waals surface area contributed by atoms with Crippen molar-refractivity contribution in [2.24, 2.45) is 0 Å². The van der Waals surface area contributed by atoms with E-state index in [1.807, 2.05) is 13.0 Å². The number of rotatable bonds is 6. The Morgan fingerprint density at radius 3 is 2.58 bits per heavy atom. The van der Waals surface area contributed by atoms with Gasteiger partial charge in [-0.25, -0.2) is 4.79 Å². The maximum atomic E-state index is 13.3. The van der Waals surface area contributed by atoms with Gasteiger partial charge in [0.25, 0.3) is 5.69 Å². The zero-order valence-corrected chi connectivity index (χ0v) is 22.0. The van der Waals surface area contributed by atoms with Gasteiger partial charge in [-0.1, -0.05) is 12.1 Å². The van der Waals surface area contributed by atoms with E-state index in [4.69, 9.17) is 19.4 Å².